The minimum absolute atomic E-state index is 0.0304. The molecule has 2 amide bonds. The Morgan fingerprint density at radius 2 is 0.854 bits per heavy atom. The van der Waals surface area contributed by atoms with Crippen molar-refractivity contribution in [2.24, 2.45) is 0 Å². The van der Waals surface area contributed by atoms with Crippen molar-refractivity contribution in [2.45, 2.75) is 157 Å². The fourth-order valence-corrected chi connectivity index (χ4v) is 12.5. The lowest BCUT2D eigenvalue weighted by molar-refractivity contribution is -0.368. The van der Waals surface area contributed by atoms with Crippen LogP contribution in [0.4, 0.5) is 0 Å². The Kier molecular flexibility index (Phi) is 22.2. The molecule has 0 spiro atoms. The molecule has 3 fully saturated rings. The Bertz CT molecular complexity index is 3280. The summed E-state index contributed by atoms with van der Waals surface area (Å²) in [5.41, 5.74) is 2.33. The molecule has 0 aromatic heterocycles. The highest BCUT2D eigenvalue weighted by Crippen LogP contribution is 2.44. The average Bonchev–Trinajstić information content (AvgIpc) is 1.77. The number of ether oxygens (including phenoxy) is 13. The number of carbonyl (C=O) groups excluding carboxylic acids is 6. The standard InChI is InChI=1S/C68H71NO19S/c1-41-56(78-36-47-25-13-7-14-26-47)60(79-37-48-27-15-8-16-28-48)62(80-38-49-29-17-9-18-30-49)66(81-41)87-57-53(39-76-35-46-23-11-6-12-24-46)86-68(89-50-31-19-10-20-32-50)55(69-64(74)51-33-21-22-34-52(51)65(69)75)59(57)88-67-63(84-45(5)73)61(83-44(4)72)58(82-43(3)71)54(85-67)40-77-42(2)70/h6-34,41,53-63,66-68H,35-40H2,1-5H3/t41-,53+,54+,55+,56+,57+,58-,59+,60+,61-,62-,63+,66-,67-,68-/m0/s1. The summed E-state index contributed by atoms with van der Waals surface area (Å²) in [6.45, 7) is 5.88. The predicted octanol–water partition coefficient (Wildman–Crippen LogP) is 8.74. The summed E-state index contributed by atoms with van der Waals surface area (Å²) >= 11 is 1.18. The Hall–Kier alpha value is -7.67. The smallest absolute Gasteiger partial charge is 0.303 e. The number of hydrogen-bond acceptors (Lipinski definition) is 20. The molecule has 3 saturated heterocycles. The van der Waals surface area contributed by atoms with E-state index in [0.717, 1.165) is 54.8 Å². The molecule has 20 nitrogen and oxygen atoms in total. The normalized spacial score (nSPS) is 27.5. The average molecular weight is 1240 g/mol. The minimum Gasteiger partial charge on any atom is -0.463 e. The molecule has 0 saturated carbocycles. The first-order valence-electron chi connectivity index (χ1n) is 29.4. The lowest BCUT2D eigenvalue weighted by Crippen LogP contribution is -2.70. The first kappa shape index (κ1) is 64.3. The van der Waals surface area contributed by atoms with Crippen LogP contribution in [-0.2, 0) is 107 Å². The lowest BCUT2D eigenvalue weighted by Gasteiger charge is -2.52. The molecule has 4 aliphatic heterocycles. The third kappa shape index (κ3) is 16.4. The van der Waals surface area contributed by atoms with Gasteiger partial charge in [0, 0.05) is 32.6 Å². The molecular weight excluding hydrogens is 1170 g/mol. The van der Waals surface area contributed by atoms with Gasteiger partial charge in [0.25, 0.3) is 11.8 Å². The van der Waals surface area contributed by atoms with Crippen LogP contribution in [-0.4, -0.2) is 145 Å². The van der Waals surface area contributed by atoms with Crippen molar-refractivity contribution in [1.82, 2.24) is 4.90 Å². The van der Waals surface area contributed by atoms with Crippen molar-refractivity contribution >= 4 is 47.5 Å². The van der Waals surface area contributed by atoms with Gasteiger partial charge in [-0.25, -0.2) is 0 Å². The van der Waals surface area contributed by atoms with Crippen LogP contribution in [0.2, 0.25) is 0 Å². The highest BCUT2D eigenvalue weighted by atomic mass is 32.2. The molecule has 468 valence electrons. The molecule has 6 aromatic rings. The molecule has 10 rings (SSSR count). The fraction of sp³-hybridized carbons (Fsp3) is 0.382. The second-order valence-corrected chi connectivity index (χ2v) is 22.9. The van der Waals surface area contributed by atoms with E-state index in [1.54, 1.807) is 24.3 Å². The van der Waals surface area contributed by atoms with E-state index in [1.807, 2.05) is 159 Å². The number of nitrogens with zero attached hydrogens (tertiary/aromatic N) is 1. The van der Waals surface area contributed by atoms with E-state index in [9.17, 15) is 19.2 Å². The summed E-state index contributed by atoms with van der Waals surface area (Å²) in [4.78, 5) is 84.6. The number of benzene rings is 6. The van der Waals surface area contributed by atoms with Gasteiger partial charge in [-0.2, -0.15) is 0 Å². The molecule has 0 unspecified atom stereocenters. The van der Waals surface area contributed by atoms with E-state index in [0.29, 0.717) is 4.90 Å². The number of amides is 2. The number of carbonyl (C=O) groups is 6. The quantitative estimate of drug-likeness (QED) is 0.0296. The second kappa shape index (κ2) is 30.7. The van der Waals surface area contributed by atoms with Gasteiger partial charge in [0.15, 0.2) is 30.9 Å². The molecule has 15 atom stereocenters. The van der Waals surface area contributed by atoms with Crippen LogP contribution in [0.15, 0.2) is 181 Å². The van der Waals surface area contributed by atoms with Gasteiger partial charge >= 0.3 is 23.9 Å². The number of rotatable bonds is 25. The van der Waals surface area contributed by atoms with Gasteiger partial charge in [0.2, 0.25) is 0 Å². The van der Waals surface area contributed by atoms with Crippen molar-refractivity contribution < 1.29 is 90.3 Å². The zero-order valence-corrected chi connectivity index (χ0v) is 50.6. The van der Waals surface area contributed by atoms with E-state index < -0.39 is 133 Å². The van der Waals surface area contributed by atoms with Crippen LogP contribution in [0, 0.1) is 0 Å². The Morgan fingerprint density at radius 1 is 0.427 bits per heavy atom. The Labute approximate surface area is 520 Å². The molecule has 0 radical (unpaired) electrons. The monoisotopic (exact) mass is 1240 g/mol. The zero-order chi connectivity index (χ0) is 62.4. The van der Waals surface area contributed by atoms with Gasteiger partial charge in [-0.1, -0.05) is 163 Å². The van der Waals surface area contributed by atoms with Gasteiger partial charge in [-0.3, -0.25) is 33.7 Å². The van der Waals surface area contributed by atoms with E-state index >= 15 is 9.59 Å². The van der Waals surface area contributed by atoms with E-state index in [4.69, 9.17) is 61.6 Å². The highest BCUT2D eigenvalue weighted by Gasteiger charge is 2.61. The third-order valence-corrected chi connectivity index (χ3v) is 16.4. The number of fused-ring (bicyclic) bond motifs is 1. The predicted molar refractivity (Wildman–Crippen MR) is 319 cm³/mol. The molecule has 21 heteroatoms. The number of thioether (sulfide) groups is 1. The van der Waals surface area contributed by atoms with E-state index in [1.165, 1.54) is 11.8 Å². The van der Waals surface area contributed by atoms with Crippen LogP contribution in [0.1, 0.15) is 77.6 Å². The summed E-state index contributed by atoms with van der Waals surface area (Å²) in [6.07, 6.45) is -17.9. The van der Waals surface area contributed by atoms with Crippen LogP contribution in [0.3, 0.4) is 0 Å². The SMILES string of the molecule is CC(=O)OC[C@H]1O[C@@H](O[C@H]2[C@H](O[C@@H]3O[C@@H](C)[C@@H](OCc4ccccc4)[C@@H](OCc4ccccc4)[C@@H]3OCc3ccccc3)[C@@H](COCc3ccccc3)O[C@@H](Sc3ccccc3)[C@@H]2N2C(=O)c3ccccc3C2=O)[C@H](OC(C)=O)[C@@H](OC(C)=O)[C@H]1OC(C)=O. The van der Waals surface area contributed by atoms with Gasteiger partial charge in [-0.15, -0.1) is 0 Å². The molecule has 0 aliphatic carbocycles. The molecule has 4 heterocycles. The van der Waals surface area contributed by atoms with Crippen molar-refractivity contribution in [3.63, 3.8) is 0 Å². The molecular formula is C68H71NO19S. The first-order valence-corrected chi connectivity index (χ1v) is 30.3. The van der Waals surface area contributed by atoms with E-state index in [2.05, 4.69) is 0 Å². The number of esters is 4. The van der Waals surface area contributed by atoms with Crippen molar-refractivity contribution in [1.29, 1.82) is 0 Å². The minimum atomic E-state index is -1.88. The zero-order valence-electron chi connectivity index (χ0n) is 49.8. The van der Waals surface area contributed by atoms with Gasteiger partial charge in [0.05, 0.1) is 50.3 Å². The number of hydrogen-bond donors (Lipinski definition) is 0. The van der Waals surface area contributed by atoms with Crippen LogP contribution >= 0.6 is 11.8 Å². The Balaban J connectivity index is 1.15. The summed E-state index contributed by atoms with van der Waals surface area (Å²) in [5, 5.41) is 0. The van der Waals surface area contributed by atoms with Crippen LogP contribution in [0.5, 0.6) is 0 Å². The first-order chi connectivity index (χ1) is 43.2. The van der Waals surface area contributed by atoms with Crippen LogP contribution < -0.4 is 0 Å². The summed E-state index contributed by atoms with van der Waals surface area (Å²) in [6, 6.07) is 52.2. The van der Waals surface area contributed by atoms with Crippen LogP contribution in [0.25, 0.3) is 0 Å². The molecule has 0 bridgehead atoms. The molecule has 6 aromatic carbocycles. The maximum absolute atomic E-state index is 15.3. The van der Waals surface area contributed by atoms with Gasteiger partial charge in [-0.05, 0) is 53.4 Å². The molecule has 4 aliphatic rings. The van der Waals surface area contributed by atoms with Crippen molar-refractivity contribution in [3.8, 4) is 0 Å². The van der Waals surface area contributed by atoms with Gasteiger partial charge < -0.3 is 61.6 Å². The highest BCUT2D eigenvalue weighted by molar-refractivity contribution is 7.99. The van der Waals surface area contributed by atoms with Crippen molar-refractivity contribution in [2.75, 3.05) is 13.2 Å². The lowest BCUT2D eigenvalue weighted by atomic mass is 9.94. The topological polar surface area (TPSA) is 226 Å². The van der Waals surface area contributed by atoms with Gasteiger partial charge in [0.1, 0.15) is 60.8 Å². The fourth-order valence-electron chi connectivity index (χ4n) is 11.3. The third-order valence-electron chi connectivity index (χ3n) is 15.2. The maximum Gasteiger partial charge on any atom is 0.303 e. The van der Waals surface area contributed by atoms with E-state index in [-0.39, 0.29) is 44.2 Å². The molecule has 89 heavy (non-hydrogen) atoms. The Morgan fingerprint density at radius 3 is 1.37 bits per heavy atom. The number of imide groups is 1. The molecule has 0 N–H and O–H groups in total. The largest absolute Gasteiger partial charge is 0.463 e. The maximum atomic E-state index is 15.3. The summed E-state index contributed by atoms with van der Waals surface area (Å²) < 4.78 is 86.5. The second-order valence-electron chi connectivity index (χ2n) is 21.8. The summed E-state index contributed by atoms with van der Waals surface area (Å²) in [5.74, 6) is -4.79. The van der Waals surface area contributed by atoms with Crippen molar-refractivity contribution in [3.05, 3.63) is 209 Å². The summed E-state index contributed by atoms with van der Waals surface area (Å²) in [7, 11) is 0.